The van der Waals surface area contributed by atoms with Gasteiger partial charge in [0.25, 0.3) is 0 Å². The van der Waals surface area contributed by atoms with Gasteiger partial charge in [0, 0.05) is 22.2 Å². The number of furan rings is 1. The molecule has 0 fully saturated rings. The molecule has 0 saturated heterocycles. The Morgan fingerprint density at radius 3 is 2.81 bits per heavy atom. The maximum absolute atomic E-state index is 12.2. The molecule has 0 saturated carbocycles. The minimum absolute atomic E-state index is 0.183. The molecular weight excluding hydrogens is 352 g/mol. The number of nitrogens with zero attached hydrogens (tertiary/aromatic N) is 1. The summed E-state index contributed by atoms with van der Waals surface area (Å²) in [4.78, 5) is 16.7. The van der Waals surface area contributed by atoms with Crippen LogP contribution in [0.5, 0.6) is 0 Å². The van der Waals surface area contributed by atoms with Crippen molar-refractivity contribution in [1.82, 2.24) is 4.98 Å². The van der Waals surface area contributed by atoms with Crippen LogP contribution in [0.1, 0.15) is 17.4 Å². The van der Waals surface area contributed by atoms with Crippen LogP contribution in [0.3, 0.4) is 0 Å². The topological polar surface area (TPSA) is 64.4 Å². The van der Waals surface area contributed by atoms with Crippen LogP contribution in [0.15, 0.2) is 59.0 Å². The van der Waals surface area contributed by atoms with Gasteiger partial charge in [-0.2, -0.15) is 0 Å². The van der Waals surface area contributed by atoms with Crippen molar-refractivity contribution in [2.24, 2.45) is 0 Å². The third-order valence-electron chi connectivity index (χ3n) is 3.93. The maximum atomic E-state index is 12.2. The Kier molecular flexibility index (Phi) is 4.22. The lowest BCUT2D eigenvalue weighted by molar-refractivity contribution is 0.0519. The van der Waals surface area contributed by atoms with Crippen molar-refractivity contribution in [2.45, 2.75) is 6.92 Å². The molecule has 2 aromatic heterocycles. The highest BCUT2D eigenvalue weighted by Gasteiger charge is 2.18. The molecule has 0 spiro atoms. The molecule has 0 bridgehead atoms. The van der Waals surface area contributed by atoms with E-state index < -0.39 is 5.97 Å². The molecule has 0 radical (unpaired) electrons. The third kappa shape index (κ3) is 2.97. The van der Waals surface area contributed by atoms with E-state index in [0.29, 0.717) is 16.4 Å². The van der Waals surface area contributed by atoms with Crippen molar-refractivity contribution >= 4 is 51.0 Å². The quantitative estimate of drug-likeness (QED) is 0.479. The Hall–Kier alpha value is -3.05. The highest BCUT2D eigenvalue weighted by Crippen LogP contribution is 2.35. The average molecular weight is 367 g/mol. The summed E-state index contributed by atoms with van der Waals surface area (Å²) < 4.78 is 11.0. The van der Waals surface area contributed by atoms with E-state index in [-0.39, 0.29) is 12.3 Å². The van der Waals surface area contributed by atoms with Crippen molar-refractivity contribution in [3.05, 3.63) is 65.3 Å². The number of ether oxygens (including phenoxy) is 1. The first kappa shape index (κ1) is 16.4. The van der Waals surface area contributed by atoms with Gasteiger partial charge in [-0.05, 0) is 31.2 Å². The summed E-state index contributed by atoms with van der Waals surface area (Å²) in [6, 6.07) is 16.6. The molecule has 6 heteroatoms. The summed E-state index contributed by atoms with van der Waals surface area (Å²) >= 11 is 6.07. The number of fused-ring (bicyclic) bond motifs is 3. The molecule has 0 aliphatic carbocycles. The summed E-state index contributed by atoms with van der Waals surface area (Å²) in [7, 11) is 0. The zero-order valence-corrected chi connectivity index (χ0v) is 14.7. The lowest BCUT2D eigenvalue weighted by Gasteiger charge is -2.09. The molecule has 0 unspecified atom stereocenters. The molecule has 1 N–H and O–H groups in total. The van der Waals surface area contributed by atoms with Crippen LogP contribution in [0.4, 0.5) is 11.5 Å². The molecule has 2 heterocycles. The number of pyridine rings is 1. The Bertz CT molecular complexity index is 1120. The van der Waals surface area contributed by atoms with Crippen LogP contribution >= 0.6 is 11.6 Å². The second kappa shape index (κ2) is 6.69. The summed E-state index contributed by atoms with van der Waals surface area (Å²) in [6.45, 7) is 2.03. The standard InChI is InChI=1S/C20H15ClN2O3/c1-2-25-20(24)15-11-17-18(14-8-3-4-9-16(14)26-17)19(23-15)22-13-7-5-6-12(21)10-13/h3-11H,2H2,1H3,(H,22,23). The van der Waals surface area contributed by atoms with E-state index in [9.17, 15) is 4.79 Å². The smallest absolute Gasteiger partial charge is 0.357 e. The second-order valence-electron chi connectivity index (χ2n) is 5.68. The Labute approximate surface area is 154 Å². The summed E-state index contributed by atoms with van der Waals surface area (Å²) in [5.41, 5.74) is 2.23. The van der Waals surface area contributed by atoms with Crippen LogP contribution in [0.25, 0.3) is 21.9 Å². The maximum Gasteiger partial charge on any atom is 0.357 e. The van der Waals surface area contributed by atoms with Crippen molar-refractivity contribution in [2.75, 3.05) is 11.9 Å². The summed E-state index contributed by atoms with van der Waals surface area (Å²) in [5, 5.41) is 5.55. The van der Waals surface area contributed by atoms with Gasteiger partial charge in [0.1, 0.15) is 17.0 Å². The van der Waals surface area contributed by atoms with Crippen molar-refractivity contribution in [3.63, 3.8) is 0 Å². The van der Waals surface area contributed by atoms with Gasteiger partial charge in [-0.15, -0.1) is 0 Å². The Morgan fingerprint density at radius 2 is 2.00 bits per heavy atom. The van der Waals surface area contributed by atoms with Gasteiger partial charge >= 0.3 is 5.97 Å². The highest BCUT2D eigenvalue weighted by atomic mass is 35.5. The third-order valence-corrected chi connectivity index (χ3v) is 4.17. The van der Waals surface area contributed by atoms with Crippen molar-refractivity contribution in [1.29, 1.82) is 0 Å². The van der Waals surface area contributed by atoms with Crippen LogP contribution in [-0.2, 0) is 4.74 Å². The average Bonchev–Trinajstić information content (AvgIpc) is 3.00. The monoisotopic (exact) mass is 366 g/mol. The fraction of sp³-hybridized carbons (Fsp3) is 0.100. The van der Waals surface area contributed by atoms with Crippen LogP contribution in [0, 0.1) is 0 Å². The molecule has 0 aliphatic heterocycles. The van der Waals surface area contributed by atoms with Crippen LogP contribution in [0.2, 0.25) is 5.02 Å². The van der Waals surface area contributed by atoms with Gasteiger partial charge in [-0.1, -0.05) is 35.9 Å². The predicted molar refractivity (Wildman–Crippen MR) is 102 cm³/mol. The molecule has 130 valence electrons. The summed E-state index contributed by atoms with van der Waals surface area (Å²) in [5.74, 6) is 0.0155. The fourth-order valence-electron chi connectivity index (χ4n) is 2.85. The first-order chi connectivity index (χ1) is 12.7. The number of para-hydroxylation sites is 1. The molecule has 0 atom stereocenters. The van der Waals surface area contributed by atoms with E-state index in [2.05, 4.69) is 10.3 Å². The van der Waals surface area contributed by atoms with Gasteiger partial charge in [0.15, 0.2) is 5.69 Å². The van der Waals surface area contributed by atoms with E-state index in [4.69, 9.17) is 20.8 Å². The van der Waals surface area contributed by atoms with Crippen molar-refractivity contribution in [3.8, 4) is 0 Å². The predicted octanol–water partition coefficient (Wildman–Crippen LogP) is 5.55. The second-order valence-corrected chi connectivity index (χ2v) is 6.12. The van der Waals surface area contributed by atoms with Gasteiger partial charge in [0.05, 0.1) is 12.0 Å². The zero-order chi connectivity index (χ0) is 18.1. The molecule has 0 aliphatic rings. The molecular formula is C20H15ClN2O3. The lowest BCUT2D eigenvalue weighted by atomic mass is 10.1. The highest BCUT2D eigenvalue weighted by molar-refractivity contribution is 6.30. The SMILES string of the molecule is CCOC(=O)c1cc2oc3ccccc3c2c(Nc2cccc(Cl)c2)n1. The Morgan fingerprint density at radius 1 is 1.15 bits per heavy atom. The van der Waals surface area contributed by atoms with Gasteiger partial charge in [0.2, 0.25) is 0 Å². The van der Waals surface area contributed by atoms with E-state index in [0.717, 1.165) is 22.0 Å². The van der Waals surface area contributed by atoms with E-state index in [1.165, 1.54) is 0 Å². The largest absolute Gasteiger partial charge is 0.461 e. The number of benzene rings is 2. The number of anilines is 2. The molecule has 5 nitrogen and oxygen atoms in total. The molecule has 26 heavy (non-hydrogen) atoms. The molecule has 0 amide bonds. The number of carbonyl (C=O) groups is 1. The number of esters is 1. The number of aromatic nitrogens is 1. The van der Waals surface area contributed by atoms with Crippen LogP contribution < -0.4 is 5.32 Å². The van der Waals surface area contributed by atoms with Gasteiger partial charge in [-0.25, -0.2) is 9.78 Å². The first-order valence-electron chi connectivity index (χ1n) is 8.17. The van der Waals surface area contributed by atoms with Crippen molar-refractivity contribution < 1.29 is 13.9 Å². The Balaban J connectivity index is 1.93. The number of hydrogen-bond acceptors (Lipinski definition) is 5. The normalized spacial score (nSPS) is 11.0. The van der Waals surface area contributed by atoms with E-state index in [1.807, 2.05) is 36.4 Å². The number of halogens is 1. The number of nitrogens with one attached hydrogen (secondary N) is 1. The fourth-order valence-corrected chi connectivity index (χ4v) is 3.04. The molecule has 2 aromatic carbocycles. The van der Waals surface area contributed by atoms with E-state index >= 15 is 0 Å². The van der Waals surface area contributed by atoms with Crippen LogP contribution in [-0.4, -0.2) is 17.6 Å². The minimum Gasteiger partial charge on any atom is -0.461 e. The number of rotatable bonds is 4. The minimum atomic E-state index is -0.496. The number of hydrogen-bond donors (Lipinski definition) is 1. The molecule has 4 aromatic rings. The first-order valence-corrected chi connectivity index (χ1v) is 8.55. The van der Waals surface area contributed by atoms with Gasteiger partial charge < -0.3 is 14.5 Å². The van der Waals surface area contributed by atoms with Gasteiger partial charge in [-0.3, -0.25) is 0 Å². The van der Waals surface area contributed by atoms with E-state index in [1.54, 1.807) is 25.1 Å². The summed E-state index contributed by atoms with van der Waals surface area (Å²) in [6.07, 6.45) is 0. The number of carbonyl (C=O) groups excluding carboxylic acids is 1. The zero-order valence-electron chi connectivity index (χ0n) is 14.0. The molecule has 4 rings (SSSR count). The lowest BCUT2D eigenvalue weighted by Crippen LogP contribution is -2.08.